The van der Waals surface area contributed by atoms with Crippen LogP contribution in [0.15, 0.2) is 10.7 Å². The fraction of sp³-hybridized carbons (Fsp3) is 0.500. The van der Waals surface area contributed by atoms with Crippen molar-refractivity contribution in [2.75, 3.05) is 13.1 Å². The third-order valence-corrected chi connectivity index (χ3v) is 2.60. The maximum atomic E-state index is 12.4. The highest BCUT2D eigenvalue weighted by molar-refractivity contribution is 5.97. The summed E-state index contributed by atoms with van der Waals surface area (Å²) in [6.45, 7) is 2.57. The van der Waals surface area contributed by atoms with Crippen LogP contribution in [0.1, 0.15) is 28.6 Å². The van der Waals surface area contributed by atoms with E-state index in [1.165, 1.54) is 6.26 Å². The summed E-state index contributed by atoms with van der Waals surface area (Å²) in [5, 5.41) is 8.72. The number of aliphatic carboxylic acids is 1. The van der Waals surface area contributed by atoms with Gasteiger partial charge in [-0.1, -0.05) is 0 Å². The lowest BCUT2D eigenvalue weighted by Crippen LogP contribution is -2.35. The second kappa shape index (κ2) is 6.31. The van der Waals surface area contributed by atoms with Crippen LogP contribution in [0.3, 0.4) is 0 Å². The zero-order valence-electron chi connectivity index (χ0n) is 10.7. The van der Waals surface area contributed by atoms with Crippen molar-refractivity contribution in [3.8, 4) is 0 Å². The van der Waals surface area contributed by atoms with Crippen LogP contribution in [0.25, 0.3) is 0 Å². The topological polar surface area (TPSA) is 70.8 Å². The van der Waals surface area contributed by atoms with Crippen LogP contribution >= 0.6 is 0 Å². The predicted octanol–water partition coefficient (Wildman–Crippen LogP) is 1.94. The van der Waals surface area contributed by atoms with Crippen molar-refractivity contribution in [2.45, 2.75) is 26.7 Å². The molecule has 5 nitrogen and oxygen atoms in total. The smallest absolute Gasteiger partial charge is 0.311 e. The van der Waals surface area contributed by atoms with E-state index in [-0.39, 0.29) is 17.9 Å². The minimum atomic E-state index is -2.64. The molecule has 106 valence electrons. The molecule has 0 radical (unpaired) electrons. The Balaban J connectivity index is 3.03. The van der Waals surface area contributed by atoms with Gasteiger partial charge in [-0.05, 0) is 13.8 Å². The zero-order valence-corrected chi connectivity index (χ0v) is 10.7. The number of nitrogens with zero attached hydrogens (tertiary/aromatic N) is 1. The van der Waals surface area contributed by atoms with Gasteiger partial charge in [0.05, 0.1) is 18.4 Å². The van der Waals surface area contributed by atoms with Gasteiger partial charge >= 0.3 is 5.97 Å². The minimum Gasteiger partial charge on any atom is -0.481 e. The molecular formula is C12H15F2NO4. The van der Waals surface area contributed by atoms with E-state index in [1.54, 1.807) is 13.8 Å². The summed E-state index contributed by atoms with van der Waals surface area (Å²) < 4.78 is 29.8. The van der Waals surface area contributed by atoms with E-state index in [0.717, 1.165) is 4.90 Å². The van der Waals surface area contributed by atoms with Gasteiger partial charge in [-0.3, -0.25) is 9.59 Å². The molecule has 0 unspecified atom stereocenters. The molecule has 1 aromatic heterocycles. The summed E-state index contributed by atoms with van der Waals surface area (Å²) in [5.41, 5.74) is 0.499. The van der Waals surface area contributed by atoms with E-state index in [1.807, 2.05) is 0 Å². The predicted molar refractivity (Wildman–Crippen MR) is 62.4 cm³/mol. The third kappa shape index (κ3) is 3.77. The highest BCUT2D eigenvalue weighted by Crippen LogP contribution is 2.20. The monoisotopic (exact) mass is 275 g/mol. The van der Waals surface area contributed by atoms with Crippen LogP contribution in [0, 0.1) is 6.92 Å². The van der Waals surface area contributed by atoms with Gasteiger partial charge < -0.3 is 14.4 Å². The largest absolute Gasteiger partial charge is 0.481 e. The maximum Gasteiger partial charge on any atom is 0.311 e. The van der Waals surface area contributed by atoms with Gasteiger partial charge in [0, 0.05) is 12.1 Å². The van der Waals surface area contributed by atoms with E-state index < -0.39 is 31.3 Å². The Bertz CT molecular complexity index is 470. The molecular weight excluding hydrogens is 260 g/mol. The first kappa shape index (κ1) is 15.1. The molecule has 0 saturated carbocycles. The normalized spacial score (nSPS) is 10.8. The van der Waals surface area contributed by atoms with Crippen LogP contribution in [0.4, 0.5) is 8.78 Å². The summed E-state index contributed by atoms with van der Waals surface area (Å²) in [6.07, 6.45) is -1.85. The number of carbonyl (C=O) groups is 2. The SMILES string of the molecule is CCN(CC(F)F)C(=O)c1c(C)coc1CC(=O)O. The molecule has 0 aliphatic rings. The van der Waals surface area contributed by atoms with Gasteiger partial charge in [0.25, 0.3) is 12.3 Å². The van der Waals surface area contributed by atoms with Crippen molar-refractivity contribution in [2.24, 2.45) is 0 Å². The maximum absolute atomic E-state index is 12.4. The first-order chi connectivity index (χ1) is 8.86. The number of carboxylic acids is 1. The molecule has 1 rings (SSSR count). The van der Waals surface area contributed by atoms with Gasteiger partial charge in [-0.25, -0.2) is 8.78 Å². The molecule has 0 bridgehead atoms. The quantitative estimate of drug-likeness (QED) is 0.861. The summed E-state index contributed by atoms with van der Waals surface area (Å²) in [5.74, 6) is -1.80. The molecule has 0 aromatic carbocycles. The lowest BCUT2D eigenvalue weighted by Gasteiger charge is -2.20. The molecule has 0 aliphatic carbocycles. The molecule has 0 spiro atoms. The number of alkyl halides is 2. The highest BCUT2D eigenvalue weighted by atomic mass is 19.3. The Morgan fingerprint density at radius 1 is 1.47 bits per heavy atom. The van der Waals surface area contributed by atoms with Gasteiger partial charge in [0.15, 0.2) is 0 Å². The summed E-state index contributed by atoms with van der Waals surface area (Å²) in [6, 6.07) is 0. The average Bonchev–Trinajstić information content (AvgIpc) is 2.65. The van der Waals surface area contributed by atoms with Gasteiger partial charge in [0.2, 0.25) is 0 Å². The number of hydrogen-bond acceptors (Lipinski definition) is 3. The Hall–Kier alpha value is -1.92. The fourth-order valence-corrected chi connectivity index (χ4v) is 1.73. The Morgan fingerprint density at radius 3 is 2.58 bits per heavy atom. The molecule has 1 amide bonds. The number of aryl methyl sites for hydroxylation is 1. The number of amides is 1. The molecule has 0 aliphatic heterocycles. The number of halogens is 2. The Kier molecular flexibility index (Phi) is 5.02. The molecule has 1 aromatic rings. The number of carboxylic acid groups (broad SMARTS) is 1. The summed E-state index contributed by atoms with van der Waals surface area (Å²) in [7, 11) is 0. The van der Waals surface area contributed by atoms with Crippen LogP contribution < -0.4 is 0 Å². The fourth-order valence-electron chi connectivity index (χ4n) is 1.73. The molecule has 19 heavy (non-hydrogen) atoms. The Labute approximate surface area is 108 Å². The second-order valence-electron chi connectivity index (χ2n) is 4.02. The standard InChI is InChI=1S/C12H15F2NO4/c1-3-15(5-9(13)14)12(18)11-7(2)6-19-8(11)4-10(16)17/h6,9H,3-5H2,1-2H3,(H,16,17). The van der Waals surface area contributed by atoms with Crippen molar-refractivity contribution in [3.63, 3.8) is 0 Å². The lowest BCUT2D eigenvalue weighted by atomic mass is 10.1. The van der Waals surface area contributed by atoms with Gasteiger partial charge in [0.1, 0.15) is 12.2 Å². The lowest BCUT2D eigenvalue weighted by molar-refractivity contribution is -0.136. The van der Waals surface area contributed by atoms with Crippen molar-refractivity contribution < 1.29 is 27.9 Å². The molecule has 0 saturated heterocycles. The first-order valence-corrected chi connectivity index (χ1v) is 5.73. The minimum absolute atomic E-state index is 0.0114. The third-order valence-electron chi connectivity index (χ3n) is 2.60. The number of carbonyl (C=O) groups excluding carboxylic acids is 1. The molecule has 1 heterocycles. The number of rotatable bonds is 6. The molecule has 1 N–H and O–H groups in total. The second-order valence-corrected chi connectivity index (χ2v) is 4.02. The average molecular weight is 275 g/mol. The van der Waals surface area contributed by atoms with E-state index in [0.29, 0.717) is 5.56 Å². The Morgan fingerprint density at radius 2 is 2.11 bits per heavy atom. The molecule has 7 heteroatoms. The summed E-state index contributed by atoms with van der Waals surface area (Å²) in [4.78, 5) is 23.8. The van der Waals surface area contributed by atoms with Crippen molar-refractivity contribution >= 4 is 11.9 Å². The van der Waals surface area contributed by atoms with Gasteiger partial charge in [-0.15, -0.1) is 0 Å². The van der Waals surface area contributed by atoms with E-state index in [2.05, 4.69) is 0 Å². The van der Waals surface area contributed by atoms with E-state index >= 15 is 0 Å². The zero-order chi connectivity index (χ0) is 14.6. The van der Waals surface area contributed by atoms with Gasteiger partial charge in [-0.2, -0.15) is 0 Å². The van der Waals surface area contributed by atoms with Crippen LogP contribution in [-0.4, -0.2) is 41.4 Å². The number of hydrogen-bond donors (Lipinski definition) is 1. The van der Waals surface area contributed by atoms with Crippen LogP contribution in [0.2, 0.25) is 0 Å². The first-order valence-electron chi connectivity index (χ1n) is 5.73. The van der Waals surface area contributed by atoms with E-state index in [9.17, 15) is 18.4 Å². The van der Waals surface area contributed by atoms with E-state index in [4.69, 9.17) is 9.52 Å². The molecule has 0 fully saturated rings. The highest BCUT2D eigenvalue weighted by Gasteiger charge is 2.25. The van der Waals surface area contributed by atoms with Crippen LogP contribution in [-0.2, 0) is 11.2 Å². The van der Waals surface area contributed by atoms with Crippen molar-refractivity contribution in [1.82, 2.24) is 4.90 Å². The summed E-state index contributed by atoms with van der Waals surface area (Å²) >= 11 is 0. The molecule has 0 atom stereocenters. The number of furan rings is 1. The van der Waals surface area contributed by atoms with Crippen LogP contribution in [0.5, 0.6) is 0 Å². The van der Waals surface area contributed by atoms with Crippen molar-refractivity contribution in [1.29, 1.82) is 0 Å². The van der Waals surface area contributed by atoms with Crippen molar-refractivity contribution in [3.05, 3.63) is 23.2 Å².